The largest absolute Gasteiger partial charge is 0.337 e. The molecule has 0 saturated heterocycles. The second kappa shape index (κ2) is 6.92. The highest BCUT2D eigenvalue weighted by Gasteiger charge is 2.00. The van der Waals surface area contributed by atoms with Gasteiger partial charge < -0.3 is 9.88 Å². The number of nitrogens with one attached hydrogen (secondary N) is 1. The number of imidazole rings is 1. The third-order valence-electron chi connectivity index (χ3n) is 2.65. The first kappa shape index (κ1) is 13.6. The molecule has 0 fully saturated rings. The second-order valence-corrected chi connectivity index (χ2v) is 5.39. The molecule has 5 heteroatoms. The maximum Gasteiger partial charge on any atom is 0.0945 e. The minimum absolute atomic E-state index is 0.794. The van der Waals surface area contributed by atoms with Crippen molar-refractivity contribution in [2.75, 3.05) is 6.54 Å². The molecule has 0 saturated carbocycles. The highest BCUT2D eigenvalue weighted by Crippen LogP contribution is 2.20. The smallest absolute Gasteiger partial charge is 0.0945 e. The maximum absolute atomic E-state index is 6.12. The molecular formula is C13H15BrClN3. The quantitative estimate of drug-likeness (QED) is 0.823. The Hall–Kier alpha value is -0.840. The Kier molecular flexibility index (Phi) is 5.23. The molecule has 0 spiro atoms. The van der Waals surface area contributed by atoms with E-state index in [9.17, 15) is 0 Å². The lowest BCUT2D eigenvalue weighted by Crippen LogP contribution is -2.16. The maximum atomic E-state index is 6.12. The van der Waals surface area contributed by atoms with Crippen LogP contribution in [0.5, 0.6) is 0 Å². The van der Waals surface area contributed by atoms with Crippen molar-refractivity contribution in [3.63, 3.8) is 0 Å². The van der Waals surface area contributed by atoms with Gasteiger partial charge in [-0.15, -0.1) is 0 Å². The first-order valence-electron chi connectivity index (χ1n) is 5.86. The molecule has 0 aliphatic heterocycles. The SMILES string of the molecule is Clc1ccc(Br)cc1CNCCCn1ccnc1. The Morgan fingerprint density at radius 3 is 3.06 bits per heavy atom. The van der Waals surface area contributed by atoms with E-state index in [2.05, 4.69) is 30.8 Å². The van der Waals surface area contributed by atoms with Gasteiger partial charge >= 0.3 is 0 Å². The van der Waals surface area contributed by atoms with Crippen molar-refractivity contribution >= 4 is 27.5 Å². The van der Waals surface area contributed by atoms with E-state index in [1.165, 1.54) is 0 Å². The van der Waals surface area contributed by atoms with Crippen LogP contribution in [0.15, 0.2) is 41.4 Å². The van der Waals surface area contributed by atoms with E-state index in [4.69, 9.17) is 11.6 Å². The van der Waals surface area contributed by atoms with Gasteiger partial charge in [0.25, 0.3) is 0 Å². The van der Waals surface area contributed by atoms with Crippen LogP contribution in [0.1, 0.15) is 12.0 Å². The number of aromatic nitrogens is 2. The lowest BCUT2D eigenvalue weighted by Gasteiger charge is -2.07. The number of rotatable bonds is 6. The van der Waals surface area contributed by atoms with E-state index in [1.54, 1.807) is 6.20 Å². The Balaban J connectivity index is 1.70. The summed E-state index contributed by atoms with van der Waals surface area (Å²) < 4.78 is 3.13. The molecule has 0 aliphatic rings. The molecule has 1 N–H and O–H groups in total. The topological polar surface area (TPSA) is 29.9 Å². The number of halogens is 2. The lowest BCUT2D eigenvalue weighted by molar-refractivity contribution is 0.581. The van der Waals surface area contributed by atoms with E-state index in [0.29, 0.717) is 0 Å². The first-order chi connectivity index (χ1) is 8.75. The van der Waals surface area contributed by atoms with Gasteiger partial charge in [-0.2, -0.15) is 0 Å². The fourth-order valence-electron chi connectivity index (χ4n) is 1.71. The summed E-state index contributed by atoms with van der Waals surface area (Å²) in [5.74, 6) is 0. The van der Waals surface area contributed by atoms with Gasteiger partial charge in [0.1, 0.15) is 0 Å². The number of hydrogen-bond donors (Lipinski definition) is 1. The molecule has 1 aromatic carbocycles. The van der Waals surface area contributed by atoms with Gasteiger partial charge in [0, 0.05) is 35.0 Å². The molecule has 0 amide bonds. The molecular weight excluding hydrogens is 314 g/mol. The van der Waals surface area contributed by atoms with E-state index in [0.717, 1.165) is 41.1 Å². The van der Waals surface area contributed by atoms with Crippen molar-refractivity contribution in [2.45, 2.75) is 19.5 Å². The van der Waals surface area contributed by atoms with Crippen LogP contribution in [-0.2, 0) is 13.1 Å². The summed E-state index contributed by atoms with van der Waals surface area (Å²) in [5.41, 5.74) is 1.12. The molecule has 0 radical (unpaired) electrons. The van der Waals surface area contributed by atoms with E-state index in [1.807, 2.05) is 30.7 Å². The summed E-state index contributed by atoms with van der Waals surface area (Å²) in [5, 5.41) is 4.20. The summed E-state index contributed by atoms with van der Waals surface area (Å²) in [6.07, 6.45) is 6.69. The number of nitrogens with zero attached hydrogens (tertiary/aromatic N) is 2. The average molecular weight is 329 g/mol. The summed E-state index contributed by atoms with van der Waals surface area (Å²) in [7, 11) is 0. The molecule has 0 aliphatic carbocycles. The second-order valence-electron chi connectivity index (χ2n) is 4.07. The van der Waals surface area contributed by atoms with Gasteiger partial charge in [-0.25, -0.2) is 4.98 Å². The Labute approximate surface area is 120 Å². The van der Waals surface area contributed by atoms with Crippen LogP contribution >= 0.6 is 27.5 Å². The zero-order chi connectivity index (χ0) is 12.8. The van der Waals surface area contributed by atoms with Crippen LogP contribution in [0.25, 0.3) is 0 Å². The molecule has 2 aromatic rings. The standard InChI is InChI=1S/C13H15BrClN3/c14-12-2-3-13(15)11(8-12)9-16-4-1-6-18-7-5-17-10-18/h2-3,5,7-8,10,16H,1,4,6,9H2. The zero-order valence-electron chi connectivity index (χ0n) is 9.94. The monoisotopic (exact) mass is 327 g/mol. The first-order valence-corrected chi connectivity index (χ1v) is 7.03. The highest BCUT2D eigenvalue weighted by atomic mass is 79.9. The summed E-state index contributed by atoms with van der Waals surface area (Å²) in [4.78, 5) is 4.01. The molecule has 1 aromatic heterocycles. The van der Waals surface area contributed by atoms with Gasteiger partial charge in [-0.1, -0.05) is 27.5 Å². The zero-order valence-corrected chi connectivity index (χ0v) is 12.3. The predicted octanol–water partition coefficient (Wildman–Crippen LogP) is 3.48. The number of benzene rings is 1. The fraction of sp³-hybridized carbons (Fsp3) is 0.308. The van der Waals surface area contributed by atoms with Crippen molar-refractivity contribution in [3.05, 3.63) is 52.0 Å². The van der Waals surface area contributed by atoms with Gasteiger partial charge in [0.15, 0.2) is 0 Å². The van der Waals surface area contributed by atoms with Gasteiger partial charge in [0.05, 0.1) is 6.33 Å². The predicted molar refractivity (Wildman–Crippen MR) is 77.7 cm³/mol. The molecule has 1 heterocycles. The van der Waals surface area contributed by atoms with Crippen LogP contribution in [0.3, 0.4) is 0 Å². The molecule has 0 unspecified atom stereocenters. The normalized spacial score (nSPS) is 10.8. The Bertz CT molecular complexity index is 485. The van der Waals surface area contributed by atoms with Crippen LogP contribution in [-0.4, -0.2) is 16.1 Å². The van der Waals surface area contributed by atoms with Crippen LogP contribution in [0.4, 0.5) is 0 Å². The minimum atomic E-state index is 0.794. The average Bonchev–Trinajstić information content (AvgIpc) is 2.86. The van der Waals surface area contributed by atoms with Gasteiger partial charge in [0.2, 0.25) is 0 Å². The molecule has 0 atom stereocenters. The van der Waals surface area contributed by atoms with Crippen LogP contribution < -0.4 is 5.32 Å². The summed E-state index contributed by atoms with van der Waals surface area (Å²) in [6, 6.07) is 5.91. The number of aryl methyl sites for hydroxylation is 1. The third-order valence-corrected chi connectivity index (χ3v) is 3.51. The van der Waals surface area contributed by atoms with E-state index < -0.39 is 0 Å². The van der Waals surface area contributed by atoms with Crippen molar-refractivity contribution < 1.29 is 0 Å². The van der Waals surface area contributed by atoms with E-state index >= 15 is 0 Å². The van der Waals surface area contributed by atoms with Crippen LogP contribution in [0.2, 0.25) is 5.02 Å². The molecule has 0 bridgehead atoms. The van der Waals surface area contributed by atoms with Crippen molar-refractivity contribution in [3.8, 4) is 0 Å². The van der Waals surface area contributed by atoms with Crippen LogP contribution in [0, 0.1) is 0 Å². The van der Waals surface area contributed by atoms with Gasteiger partial charge in [-0.3, -0.25) is 0 Å². The summed E-state index contributed by atoms with van der Waals surface area (Å²) in [6.45, 7) is 2.74. The lowest BCUT2D eigenvalue weighted by atomic mass is 10.2. The van der Waals surface area contributed by atoms with Gasteiger partial charge in [-0.05, 0) is 36.7 Å². The number of hydrogen-bond acceptors (Lipinski definition) is 2. The molecule has 96 valence electrons. The van der Waals surface area contributed by atoms with E-state index in [-0.39, 0.29) is 0 Å². The van der Waals surface area contributed by atoms with Crippen molar-refractivity contribution in [1.29, 1.82) is 0 Å². The summed E-state index contributed by atoms with van der Waals surface area (Å²) >= 11 is 9.57. The fourth-order valence-corrected chi connectivity index (χ4v) is 2.30. The minimum Gasteiger partial charge on any atom is -0.337 e. The molecule has 3 nitrogen and oxygen atoms in total. The van der Waals surface area contributed by atoms with Crippen molar-refractivity contribution in [1.82, 2.24) is 14.9 Å². The molecule has 18 heavy (non-hydrogen) atoms. The third kappa shape index (κ3) is 4.12. The highest BCUT2D eigenvalue weighted by molar-refractivity contribution is 9.10. The molecule has 2 rings (SSSR count). The Morgan fingerprint density at radius 2 is 2.28 bits per heavy atom. The van der Waals surface area contributed by atoms with Crippen molar-refractivity contribution in [2.24, 2.45) is 0 Å². The Morgan fingerprint density at radius 1 is 1.39 bits per heavy atom.